The van der Waals surface area contributed by atoms with Crippen molar-refractivity contribution in [3.05, 3.63) is 64.5 Å². The van der Waals surface area contributed by atoms with Gasteiger partial charge < -0.3 is 15.4 Å². The van der Waals surface area contributed by atoms with E-state index in [-0.39, 0.29) is 11.9 Å². The maximum atomic E-state index is 13.5. The predicted octanol–water partition coefficient (Wildman–Crippen LogP) is 4.63. The quantitative estimate of drug-likeness (QED) is 0.637. The second kappa shape index (κ2) is 7.44. The van der Waals surface area contributed by atoms with E-state index in [1.54, 1.807) is 30.0 Å². The van der Waals surface area contributed by atoms with E-state index in [1.807, 2.05) is 0 Å². The molecule has 5 rings (SSSR count). The summed E-state index contributed by atoms with van der Waals surface area (Å²) in [6.07, 6.45) is -1.93. The van der Waals surface area contributed by atoms with Crippen molar-refractivity contribution in [1.82, 2.24) is 14.9 Å². The number of alkyl halides is 3. The van der Waals surface area contributed by atoms with Gasteiger partial charge in [0, 0.05) is 28.8 Å². The summed E-state index contributed by atoms with van der Waals surface area (Å²) in [5.41, 5.74) is 8.61. The van der Waals surface area contributed by atoms with Crippen molar-refractivity contribution in [2.24, 2.45) is 0 Å². The number of nitrogen functional groups attached to an aromatic ring is 1. The molecule has 1 aliphatic carbocycles. The van der Waals surface area contributed by atoms with Crippen LogP contribution in [0.5, 0.6) is 0 Å². The highest BCUT2D eigenvalue weighted by Gasteiger charge is 2.38. The van der Waals surface area contributed by atoms with Crippen LogP contribution >= 0.6 is 0 Å². The molecule has 9 heteroatoms. The molecule has 1 fully saturated rings. The van der Waals surface area contributed by atoms with Crippen molar-refractivity contribution in [3.63, 3.8) is 0 Å². The Morgan fingerprint density at radius 3 is 2.59 bits per heavy atom. The maximum absolute atomic E-state index is 13.5. The number of pyridine rings is 2. The van der Waals surface area contributed by atoms with E-state index in [0.29, 0.717) is 35.8 Å². The summed E-state index contributed by atoms with van der Waals surface area (Å²) in [7, 11) is 0. The molecule has 166 valence electrons. The first-order valence-corrected chi connectivity index (χ1v) is 10.4. The molecule has 1 saturated carbocycles. The van der Waals surface area contributed by atoms with Crippen LogP contribution in [0.4, 0.5) is 19.0 Å². The molecule has 0 spiro atoms. The first-order valence-electron chi connectivity index (χ1n) is 10.4. The van der Waals surface area contributed by atoms with Gasteiger partial charge in [0.15, 0.2) is 0 Å². The largest absolute Gasteiger partial charge is 0.417 e. The van der Waals surface area contributed by atoms with E-state index in [2.05, 4.69) is 9.97 Å². The summed E-state index contributed by atoms with van der Waals surface area (Å²) in [5, 5.41) is 0.827. The van der Waals surface area contributed by atoms with Gasteiger partial charge in [-0.15, -0.1) is 0 Å². The molecule has 2 aromatic heterocycles. The number of aromatic nitrogens is 2. The molecule has 0 unspecified atom stereocenters. The van der Waals surface area contributed by atoms with Crippen molar-refractivity contribution in [3.8, 4) is 0 Å². The topological polar surface area (TPSA) is 81.3 Å². The summed E-state index contributed by atoms with van der Waals surface area (Å²) in [6.45, 7) is 2.60. The van der Waals surface area contributed by atoms with E-state index in [4.69, 9.17) is 10.5 Å². The van der Waals surface area contributed by atoms with Crippen LogP contribution in [0.15, 0.2) is 36.5 Å². The van der Waals surface area contributed by atoms with Crippen LogP contribution in [-0.4, -0.2) is 26.8 Å². The van der Waals surface area contributed by atoms with Gasteiger partial charge >= 0.3 is 6.18 Å². The fourth-order valence-corrected chi connectivity index (χ4v) is 4.23. The first-order chi connectivity index (χ1) is 15.2. The molecule has 0 bridgehead atoms. The fourth-order valence-electron chi connectivity index (χ4n) is 4.23. The van der Waals surface area contributed by atoms with Crippen molar-refractivity contribution in [2.45, 2.75) is 51.2 Å². The van der Waals surface area contributed by atoms with Gasteiger partial charge in [-0.25, -0.2) is 4.98 Å². The molecule has 0 radical (unpaired) electrons. The monoisotopic (exact) mass is 442 g/mol. The molecule has 3 aromatic rings. The zero-order valence-corrected chi connectivity index (χ0v) is 17.3. The third-order valence-corrected chi connectivity index (χ3v) is 6.11. The van der Waals surface area contributed by atoms with Gasteiger partial charge in [0.25, 0.3) is 5.91 Å². The summed E-state index contributed by atoms with van der Waals surface area (Å²) < 4.78 is 44.2. The van der Waals surface area contributed by atoms with Gasteiger partial charge in [-0.2, -0.15) is 13.2 Å². The molecule has 6 nitrogen and oxygen atoms in total. The SMILES string of the molecule is C[C@@H](c1ccc(C(F)(F)F)cn1)N(C(=O)c1ccc2nc(N)c3c(c2c1)COC3)C1CC1. The number of hydrogen-bond donors (Lipinski definition) is 1. The molecule has 1 amide bonds. The van der Waals surface area contributed by atoms with Gasteiger partial charge in [0.2, 0.25) is 0 Å². The van der Waals surface area contributed by atoms with E-state index in [1.165, 1.54) is 6.07 Å². The number of hydrogen-bond acceptors (Lipinski definition) is 5. The number of nitrogens with two attached hydrogens (primary N) is 1. The lowest BCUT2D eigenvalue weighted by atomic mass is 10.0. The molecule has 1 aromatic carbocycles. The van der Waals surface area contributed by atoms with E-state index < -0.39 is 17.8 Å². The lowest BCUT2D eigenvalue weighted by Gasteiger charge is -2.29. The zero-order chi connectivity index (χ0) is 22.6. The third-order valence-electron chi connectivity index (χ3n) is 6.11. The van der Waals surface area contributed by atoms with Crippen LogP contribution in [0.25, 0.3) is 10.9 Å². The summed E-state index contributed by atoms with van der Waals surface area (Å²) >= 11 is 0. The van der Waals surface area contributed by atoms with Crippen LogP contribution in [0, 0.1) is 0 Å². The number of amides is 1. The highest BCUT2D eigenvalue weighted by molar-refractivity contribution is 5.99. The van der Waals surface area contributed by atoms with Crippen molar-refractivity contribution < 1.29 is 22.7 Å². The molecule has 32 heavy (non-hydrogen) atoms. The smallest absolute Gasteiger partial charge is 0.383 e. The lowest BCUT2D eigenvalue weighted by molar-refractivity contribution is -0.137. The highest BCUT2D eigenvalue weighted by atomic mass is 19.4. The summed E-state index contributed by atoms with van der Waals surface area (Å²) in [6, 6.07) is 7.20. The first kappa shape index (κ1) is 20.7. The minimum Gasteiger partial charge on any atom is -0.383 e. The van der Waals surface area contributed by atoms with Gasteiger partial charge in [0.1, 0.15) is 5.82 Å². The number of halogens is 3. The highest BCUT2D eigenvalue weighted by Crippen LogP contribution is 2.37. The Labute approximate surface area is 182 Å². The van der Waals surface area contributed by atoms with Crippen molar-refractivity contribution >= 4 is 22.6 Å². The molecule has 2 aliphatic rings. The number of ether oxygens (including phenoxy) is 1. The molecular weight excluding hydrogens is 421 g/mol. The normalized spacial score (nSPS) is 16.8. The number of nitrogens with zero attached hydrogens (tertiary/aromatic N) is 3. The van der Waals surface area contributed by atoms with E-state index in [9.17, 15) is 18.0 Å². The standard InChI is InChI=1S/C23H21F3N4O2/c1-12(19-7-3-14(9-28-19)23(24,25)26)30(15-4-5-15)22(31)13-2-6-20-16(8-13)17-10-32-11-18(17)21(27)29-20/h2-3,6-9,12,15H,4-5,10-11H2,1H3,(H2,27,29)/t12-/m0/s1. The van der Waals surface area contributed by atoms with Crippen LogP contribution in [0.1, 0.15) is 58.5 Å². The molecule has 0 saturated heterocycles. The van der Waals surface area contributed by atoms with E-state index >= 15 is 0 Å². The van der Waals surface area contributed by atoms with Crippen LogP contribution in [0.2, 0.25) is 0 Å². The number of benzene rings is 1. The Morgan fingerprint density at radius 2 is 1.94 bits per heavy atom. The van der Waals surface area contributed by atoms with Crippen LogP contribution in [0.3, 0.4) is 0 Å². The molecule has 1 atom stereocenters. The Hall–Kier alpha value is -3.20. The molecule has 3 heterocycles. The second-order valence-electron chi connectivity index (χ2n) is 8.27. The average molecular weight is 442 g/mol. The van der Waals surface area contributed by atoms with Gasteiger partial charge in [-0.1, -0.05) is 0 Å². The molecule has 2 N–H and O–H groups in total. The second-order valence-corrected chi connectivity index (χ2v) is 8.27. The number of carbonyl (C=O) groups excluding carboxylic acids is 1. The maximum Gasteiger partial charge on any atom is 0.417 e. The Kier molecular flexibility index (Phi) is 4.81. The molecular formula is C23H21F3N4O2. The number of fused-ring (bicyclic) bond motifs is 3. The fraction of sp³-hybridized carbons (Fsp3) is 0.348. The number of rotatable bonds is 4. The Balaban J connectivity index is 1.49. The Morgan fingerprint density at radius 1 is 1.19 bits per heavy atom. The average Bonchev–Trinajstić information content (AvgIpc) is 3.46. The summed E-state index contributed by atoms with van der Waals surface area (Å²) in [4.78, 5) is 23.7. The third kappa shape index (κ3) is 3.56. The van der Waals surface area contributed by atoms with Crippen LogP contribution in [-0.2, 0) is 24.1 Å². The summed E-state index contributed by atoms with van der Waals surface area (Å²) in [5.74, 6) is 0.249. The minimum atomic E-state index is -4.45. The van der Waals surface area contributed by atoms with Crippen LogP contribution < -0.4 is 5.73 Å². The molecule has 1 aliphatic heterocycles. The zero-order valence-electron chi connectivity index (χ0n) is 17.3. The lowest BCUT2D eigenvalue weighted by Crippen LogP contribution is -2.36. The number of carbonyl (C=O) groups is 1. The van der Waals surface area contributed by atoms with Crippen molar-refractivity contribution in [1.29, 1.82) is 0 Å². The predicted molar refractivity (Wildman–Crippen MR) is 111 cm³/mol. The minimum absolute atomic E-state index is 0.0379. The van der Waals surface area contributed by atoms with Crippen molar-refractivity contribution in [2.75, 3.05) is 5.73 Å². The Bertz CT molecular complexity index is 1210. The van der Waals surface area contributed by atoms with Gasteiger partial charge in [-0.3, -0.25) is 9.78 Å². The van der Waals surface area contributed by atoms with Gasteiger partial charge in [-0.05, 0) is 55.7 Å². The van der Waals surface area contributed by atoms with E-state index in [0.717, 1.165) is 41.6 Å². The van der Waals surface area contributed by atoms with Gasteiger partial charge in [0.05, 0.1) is 36.0 Å². The number of anilines is 1.